The lowest BCUT2D eigenvalue weighted by Gasteiger charge is -2.40. The van der Waals surface area contributed by atoms with Gasteiger partial charge in [0.15, 0.2) is 0 Å². The second-order valence-corrected chi connectivity index (χ2v) is 5.70. The van der Waals surface area contributed by atoms with Crippen LogP contribution in [-0.2, 0) is 10.2 Å². The molecule has 1 amide bonds. The van der Waals surface area contributed by atoms with Crippen molar-refractivity contribution in [2.75, 3.05) is 5.32 Å². The van der Waals surface area contributed by atoms with Crippen molar-refractivity contribution < 1.29 is 4.79 Å². The van der Waals surface area contributed by atoms with E-state index >= 15 is 0 Å². The Kier molecular flexibility index (Phi) is 3.49. The zero-order valence-corrected chi connectivity index (χ0v) is 11.9. The van der Waals surface area contributed by atoms with Crippen LogP contribution in [0.15, 0.2) is 54.6 Å². The van der Waals surface area contributed by atoms with E-state index in [4.69, 9.17) is 11.6 Å². The number of nitrogens with one attached hydrogen (secondary N) is 1. The summed E-state index contributed by atoms with van der Waals surface area (Å²) in [5.41, 5.74) is 1.51. The Balaban J connectivity index is 1.85. The lowest BCUT2D eigenvalue weighted by molar-refractivity contribution is -0.124. The molecular weight excluding hydrogens is 270 g/mol. The monoisotopic (exact) mass is 285 g/mol. The second kappa shape index (κ2) is 5.29. The normalized spacial score (nSPS) is 16.2. The van der Waals surface area contributed by atoms with Crippen molar-refractivity contribution in [3.05, 3.63) is 65.2 Å². The van der Waals surface area contributed by atoms with Gasteiger partial charge in [0, 0.05) is 10.7 Å². The van der Waals surface area contributed by atoms with Crippen molar-refractivity contribution in [3.63, 3.8) is 0 Å². The van der Waals surface area contributed by atoms with Crippen LogP contribution in [0.1, 0.15) is 24.8 Å². The molecule has 0 radical (unpaired) electrons. The first kappa shape index (κ1) is 13.2. The molecule has 3 heteroatoms. The first-order valence-corrected chi connectivity index (χ1v) is 7.21. The zero-order chi connectivity index (χ0) is 14.0. The van der Waals surface area contributed by atoms with Crippen molar-refractivity contribution in [3.8, 4) is 0 Å². The summed E-state index contributed by atoms with van der Waals surface area (Å²) in [4.78, 5) is 12.7. The first-order valence-electron chi connectivity index (χ1n) is 6.83. The quantitative estimate of drug-likeness (QED) is 0.890. The van der Waals surface area contributed by atoms with E-state index in [9.17, 15) is 4.79 Å². The van der Waals surface area contributed by atoms with E-state index in [2.05, 4.69) is 5.32 Å². The van der Waals surface area contributed by atoms with E-state index in [1.54, 1.807) is 0 Å². The molecule has 1 saturated carbocycles. The van der Waals surface area contributed by atoms with Gasteiger partial charge >= 0.3 is 0 Å². The van der Waals surface area contributed by atoms with E-state index in [-0.39, 0.29) is 11.3 Å². The molecule has 2 aromatic rings. The minimum absolute atomic E-state index is 0.0808. The van der Waals surface area contributed by atoms with Gasteiger partial charge in [-0.25, -0.2) is 0 Å². The molecule has 102 valence electrons. The Bertz CT molecular complexity index is 603. The number of halogens is 1. The van der Waals surface area contributed by atoms with Crippen LogP contribution in [0, 0.1) is 0 Å². The molecule has 0 spiro atoms. The summed E-state index contributed by atoms with van der Waals surface area (Å²) < 4.78 is 0. The van der Waals surface area contributed by atoms with Gasteiger partial charge in [-0.1, -0.05) is 48.4 Å². The maximum Gasteiger partial charge on any atom is 0.235 e. The van der Waals surface area contributed by atoms with Gasteiger partial charge in [-0.15, -0.1) is 0 Å². The van der Waals surface area contributed by atoms with Crippen LogP contribution in [0.25, 0.3) is 0 Å². The van der Waals surface area contributed by atoms with Crippen LogP contribution < -0.4 is 5.32 Å². The summed E-state index contributed by atoms with van der Waals surface area (Å²) in [7, 11) is 0. The fraction of sp³-hybridized carbons (Fsp3) is 0.235. The molecule has 0 aromatic heterocycles. The van der Waals surface area contributed by atoms with Crippen LogP contribution in [0.3, 0.4) is 0 Å². The molecule has 1 fully saturated rings. The molecule has 0 aliphatic heterocycles. The largest absolute Gasteiger partial charge is 0.325 e. The number of hydrogen-bond donors (Lipinski definition) is 1. The summed E-state index contributed by atoms with van der Waals surface area (Å²) in [5, 5.41) is 3.73. The van der Waals surface area contributed by atoms with Gasteiger partial charge in [-0.2, -0.15) is 0 Å². The molecule has 2 nitrogen and oxygen atoms in total. The summed E-state index contributed by atoms with van der Waals surface area (Å²) in [6.07, 6.45) is 2.88. The standard InChI is InChI=1S/C17H16ClNO/c18-14-9-7-13(8-10-14)17(11-4-12-17)16(20)19-15-5-2-1-3-6-15/h1-3,5-10H,4,11-12H2,(H,19,20). The molecule has 0 saturated heterocycles. The van der Waals surface area contributed by atoms with Gasteiger partial charge < -0.3 is 5.32 Å². The number of carbonyl (C=O) groups excluding carboxylic acids is 1. The SMILES string of the molecule is O=C(Nc1ccccc1)C1(c2ccc(Cl)cc2)CCC1. The van der Waals surface area contributed by atoms with Crippen molar-refractivity contribution >= 4 is 23.2 Å². The van der Waals surface area contributed by atoms with Gasteiger partial charge in [-0.05, 0) is 42.7 Å². The highest BCUT2D eigenvalue weighted by atomic mass is 35.5. The number of rotatable bonds is 3. The number of anilines is 1. The number of amides is 1. The number of hydrogen-bond acceptors (Lipinski definition) is 1. The van der Waals surface area contributed by atoms with Crippen LogP contribution in [0.4, 0.5) is 5.69 Å². The second-order valence-electron chi connectivity index (χ2n) is 5.26. The van der Waals surface area contributed by atoms with Crippen LogP contribution in [0.2, 0.25) is 5.02 Å². The average Bonchev–Trinajstić information content (AvgIpc) is 2.41. The Morgan fingerprint density at radius 3 is 2.20 bits per heavy atom. The third-order valence-corrected chi connectivity index (χ3v) is 4.32. The third-order valence-electron chi connectivity index (χ3n) is 4.07. The van der Waals surface area contributed by atoms with Crippen LogP contribution >= 0.6 is 11.6 Å². The predicted molar refractivity (Wildman–Crippen MR) is 82.1 cm³/mol. The highest BCUT2D eigenvalue weighted by Gasteiger charge is 2.45. The Hall–Kier alpha value is -1.80. The van der Waals surface area contributed by atoms with E-state index in [1.165, 1.54) is 0 Å². The van der Waals surface area contributed by atoms with Gasteiger partial charge in [-0.3, -0.25) is 4.79 Å². The minimum atomic E-state index is -0.388. The molecule has 0 heterocycles. The molecule has 0 unspecified atom stereocenters. The summed E-state index contributed by atoms with van der Waals surface area (Å²) in [6.45, 7) is 0. The Morgan fingerprint density at radius 2 is 1.65 bits per heavy atom. The number of benzene rings is 2. The fourth-order valence-corrected chi connectivity index (χ4v) is 2.84. The zero-order valence-electron chi connectivity index (χ0n) is 11.1. The highest BCUT2D eigenvalue weighted by Crippen LogP contribution is 2.44. The fourth-order valence-electron chi connectivity index (χ4n) is 2.72. The summed E-state index contributed by atoms with van der Waals surface area (Å²) >= 11 is 5.93. The summed E-state index contributed by atoms with van der Waals surface area (Å²) in [6, 6.07) is 17.2. The van der Waals surface area contributed by atoms with Gasteiger partial charge in [0.25, 0.3) is 0 Å². The molecule has 3 rings (SSSR count). The maximum absolute atomic E-state index is 12.7. The molecule has 1 N–H and O–H groups in total. The van der Waals surface area contributed by atoms with E-state index in [1.807, 2.05) is 54.6 Å². The van der Waals surface area contributed by atoms with Crippen molar-refractivity contribution in [2.24, 2.45) is 0 Å². The van der Waals surface area contributed by atoms with E-state index < -0.39 is 0 Å². The lowest BCUT2D eigenvalue weighted by atomic mass is 9.64. The van der Waals surface area contributed by atoms with Crippen LogP contribution in [0.5, 0.6) is 0 Å². The van der Waals surface area contributed by atoms with Crippen molar-refractivity contribution in [1.29, 1.82) is 0 Å². The van der Waals surface area contributed by atoms with E-state index in [0.717, 1.165) is 30.5 Å². The topological polar surface area (TPSA) is 29.1 Å². The van der Waals surface area contributed by atoms with Gasteiger partial charge in [0.1, 0.15) is 0 Å². The van der Waals surface area contributed by atoms with E-state index in [0.29, 0.717) is 5.02 Å². The summed E-state index contributed by atoms with van der Waals surface area (Å²) in [5.74, 6) is 0.0808. The lowest BCUT2D eigenvalue weighted by Crippen LogP contribution is -2.45. The third kappa shape index (κ3) is 2.32. The van der Waals surface area contributed by atoms with Gasteiger partial charge in [0.05, 0.1) is 5.41 Å². The van der Waals surface area contributed by atoms with Crippen molar-refractivity contribution in [1.82, 2.24) is 0 Å². The molecule has 2 aromatic carbocycles. The Labute approximate surface area is 123 Å². The number of carbonyl (C=O) groups is 1. The maximum atomic E-state index is 12.7. The molecule has 0 atom stereocenters. The Morgan fingerprint density at radius 1 is 1.00 bits per heavy atom. The molecule has 20 heavy (non-hydrogen) atoms. The molecule has 1 aliphatic rings. The number of para-hydroxylation sites is 1. The molecular formula is C17H16ClNO. The van der Waals surface area contributed by atoms with Gasteiger partial charge in [0.2, 0.25) is 5.91 Å². The first-order chi connectivity index (χ1) is 9.71. The smallest absolute Gasteiger partial charge is 0.235 e. The molecule has 0 bridgehead atoms. The van der Waals surface area contributed by atoms with Crippen molar-refractivity contribution in [2.45, 2.75) is 24.7 Å². The van der Waals surface area contributed by atoms with Crippen LogP contribution in [-0.4, -0.2) is 5.91 Å². The minimum Gasteiger partial charge on any atom is -0.325 e. The predicted octanol–water partition coefficient (Wildman–Crippen LogP) is 4.40. The molecule has 1 aliphatic carbocycles. The average molecular weight is 286 g/mol. The highest BCUT2D eigenvalue weighted by molar-refractivity contribution is 6.30.